The van der Waals surface area contributed by atoms with Crippen LogP contribution in [0.5, 0.6) is 0 Å². The molecule has 2 fully saturated rings. The summed E-state index contributed by atoms with van der Waals surface area (Å²) in [6, 6.07) is 0.637. The third-order valence-electron chi connectivity index (χ3n) is 5.27. The minimum Gasteiger partial charge on any atom is -0.381 e. The largest absolute Gasteiger partial charge is 0.381 e. The van der Waals surface area contributed by atoms with E-state index in [0.29, 0.717) is 11.6 Å². The van der Waals surface area contributed by atoms with Crippen LogP contribution in [0, 0.1) is 5.92 Å². The molecule has 1 heterocycles. The summed E-state index contributed by atoms with van der Waals surface area (Å²) < 4.78 is 5.48. The third kappa shape index (κ3) is 2.89. The van der Waals surface area contributed by atoms with E-state index in [0.717, 1.165) is 19.1 Å². The molecule has 1 saturated carbocycles. The summed E-state index contributed by atoms with van der Waals surface area (Å²) in [4.78, 5) is 2.49. The zero-order valence-corrected chi connectivity index (χ0v) is 12.4. The molecular formula is C15H30N2O. The molecule has 2 rings (SSSR count). The lowest BCUT2D eigenvalue weighted by Gasteiger charge is -2.45. The van der Waals surface area contributed by atoms with Gasteiger partial charge in [0.05, 0.1) is 0 Å². The fraction of sp³-hybridized carbons (Fsp3) is 1.00. The molecule has 1 saturated heterocycles. The Labute approximate surface area is 112 Å². The van der Waals surface area contributed by atoms with Gasteiger partial charge in [0, 0.05) is 24.8 Å². The van der Waals surface area contributed by atoms with E-state index in [9.17, 15) is 0 Å². The van der Waals surface area contributed by atoms with E-state index in [2.05, 4.69) is 31.4 Å². The second-order valence-electron chi connectivity index (χ2n) is 6.34. The van der Waals surface area contributed by atoms with Gasteiger partial charge in [0.25, 0.3) is 0 Å². The van der Waals surface area contributed by atoms with Gasteiger partial charge in [0.1, 0.15) is 0 Å². The first-order chi connectivity index (χ1) is 8.69. The smallest absolute Gasteiger partial charge is 0.0468 e. The van der Waals surface area contributed by atoms with Crippen LogP contribution in [0.4, 0.5) is 0 Å². The zero-order chi connectivity index (χ0) is 13.0. The van der Waals surface area contributed by atoms with Gasteiger partial charge in [-0.25, -0.2) is 0 Å². The molecule has 0 radical (unpaired) electrons. The zero-order valence-electron chi connectivity index (χ0n) is 12.4. The lowest BCUT2D eigenvalue weighted by molar-refractivity contribution is 0.0423. The summed E-state index contributed by atoms with van der Waals surface area (Å²) in [5.41, 5.74) is 0.396. The molecule has 0 aromatic heterocycles. The maximum Gasteiger partial charge on any atom is 0.0468 e. The predicted octanol–water partition coefficient (Wildman–Crippen LogP) is 2.27. The average molecular weight is 254 g/mol. The van der Waals surface area contributed by atoms with Crippen molar-refractivity contribution in [3.8, 4) is 0 Å². The number of likely N-dealkylation sites (N-methyl/N-ethyl adjacent to an activating group) is 2. The number of hydrogen-bond acceptors (Lipinski definition) is 3. The average Bonchev–Trinajstić information content (AvgIpc) is 2.87. The lowest BCUT2D eigenvalue weighted by Crippen LogP contribution is -2.57. The summed E-state index contributed by atoms with van der Waals surface area (Å²) in [6.45, 7) is 1.94. The minimum atomic E-state index is 0.396. The van der Waals surface area contributed by atoms with Crippen LogP contribution >= 0.6 is 0 Å². The quantitative estimate of drug-likeness (QED) is 0.814. The molecule has 1 N–H and O–H groups in total. The van der Waals surface area contributed by atoms with Gasteiger partial charge in [-0.2, -0.15) is 0 Å². The van der Waals surface area contributed by atoms with Crippen molar-refractivity contribution in [2.75, 3.05) is 34.4 Å². The molecule has 1 unspecified atom stereocenters. The molecule has 106 valence electrons. The van der Waals surface area contributed by atoms with Crippen molar-refractivity contribution in [2.24, 2.45) is 5.92 Å². The maximum absolute atomic E-state index is 5.48. The summed E-state index contributed by atoms with van der Waals surface area (Å²) in [7, 11) is 6.67. The molecule has 0 bridgehead atoms. The van der Waals surface area contributed by atoms with Crippen LogP contribution in [0.3, 0.4) is 0 Å². The second-order valence-corrected chi connectivity index (χ2v) is 6.34. The van der Waals surface area contributed by atoms with E-state index in [1.807, 2.05) is 0 Å². The molecule has 0 aromatic carbocycles. The van der Waals surface area contributed by atoms with Gasteiger partial charge in [0.2, 0.25) is 0 Å². The van der Waals surface area contributed by atoms with Crippen molar-refractivity contribution < 1.29 is 4.74 Å². The van der Waals surface area contributed by atoms with Crippen molar-refractivity contribution in [1.29, 1.82) is 0 Å². The standard InChI is InChI=1S/C15H30N2O/c1-16-14(12-13-6-10-18-11-7-13)15(17(2)3)8-4-5-9-15/h13-14,16H,4-12H2,1-3H3. The van der Waals surface area contributed by atoms with Gasteiger partial charge in [-0.05, 0) is 59.2 Å². The van der Waals surface area contributed by atoms with E-state index in [1.165, 1.54) is 44.9 Å². The molecule has 0 aromatic rings. The van der Waals surface area contributed by atoms with Crippen LogP contribution in [0.1, 0.15) is 44.9 Å². The number of ether oxygens (including phenoxy) is 1. The highest BCUT2D eigenvalue weighted by Crippen LogP contribution is 2.39. The first-order valence-electron chi connectivity index (χ1n) is 7.61. The Kier molecular flexibility index (Phi) is 5.05. The lowest BCUT2D eigenvalue weighted by atomic mass is 9.79. The number of rotatable bonds is 5. The van der Waals surface area contributed by atoms with Gasteiger partial charge in [-0.15, -0.1) is 0 Å². The summed E-state index contributed by atoms with van der Waals surface area (Å²) >= 11 is 0. The number of nitrogens with one attached hydrogen (secondary N) is 1. The SMILES string of the molecule is CNC(CC1CCOCC1)C1(N(C)C)CCCC1. The van der Waals surface area contributed by atoms with Gasteiger partial charge < -0.3 is 15.0 Å². The summed E-state index contributed by atoms with van der Waals surface area (Å²) in [5, 5.41) is 3.63. The van der Waals surface area contributed by atoms with E-state index >= 15 is 0 Å². The van der Waals surface area contributed by atoms with E-state index in [1.54, 1.807) is 0 Å². The van der Waals surface area contributed by atoms with Crippen LogP contribution in [0.15, 0.2) is 0 Å². The molecule has 2 aliphatic rings. The highest BCUT2D eigenvalue weighted by molar-refractivity contribution is 5.02. The van der Waals surface area contributed by atoms with Crippen LogP contribution < -0.4 is 5.32 Å². The molecule has 1 aliphatic carbocycles. The summed E-state index contributed by atoms with van der Waals surface area (Å²) in [5.74, 6) is 0.855. The fourth-order valence-electron chi connectivity index (χ4n) is 4.02. The van der Waals surface area contributed by atoms with Gasteiger partial charge in [0.15, 0.2) is 0 Å². The van der Waals surface area contributed by atoms with Crippen LogP contribution in [0.25, 0.3) is 0 Å². The number of hydrogen-bond donors (Lipinski definition) is 1. The van der Waals surface area contributed by atoms with Crippen LogP contribution in [0.2, 0.25) is 0 Å². The highest BCUT2D eigenvalue weighted by Gasteiger charge is 2.43. The maximum atomic E-state index is 5.48. The van der Waals surface area contributed by atoms with Gasteiger partial charge in [-0.1, -0.05) is 12.8 Å². The molecule has 3 heteroatoms. The van der Waals surface area contributed by atoms with Crippen LogP contribution in [-0.4, -0.2) is 50.8 Å². The highest BCUT2D eigenvalue weighted by atomic mass is 16.5. The predicted molar refractivity (Wildman–Crippen MR) is 75.9 cm³/mol. The Bertz CT molecular complexity index is 243. The number of nitrogens with zero attached hydrogens (tertiary/aromatic N) is 1. The molecule has 18 heavy (non-hydrogen) atoms. The monoisotopic (exact) mass is 254 g/mol. The van der Waals surface area contributed by atoms with Crippen molar-refractivity contribution in [3.63, 3.8) is 0 Å². The van der Waals surface area contributed by atoms with E-state index in [4.69, 9.17) is 4.74 Å². The normalized spacial score (nSPS) is 26.7. The molecule has 0 amide bonds. The Morgan fingerprint density at radius 2 is 1.83 bits per heavy atom. The Morgan fingerprint density at radius 1 is 1.22 bits per heavy atom. The Balaban J connectivity index is 2.01. The topological polar surface area (TPSA) is 24.5 Å². The van der Waals surface area contributed by atoms with Crippen LogP contribution in [-0.2, 0) is 4.74 Å². The van der Waals surface area contributed by atoms with Crippen molar-refractivity contribution in [2.45, 2.75) is 56.5 Å². The van der Waals surface area contributed by atoms with Crippen molar-refractivity contribution in [1.82, 2.24) is 10.2 Å². The van der Waals surface area contributed by atoms with Gasteiger partial charge in [-0.3, -0.25) is 0 Å². The van der Waals surface area contributed by atoms with E-state index < -0.39 is 0 Å². The Morgan fingerprint density at radius 3 is 2.33 bits per heavy atom. The van der Waals surface area contributed by atoms with Crippen molar-refractivity contribution in [3.05, 3.63) is 0 Å². The summed E-state index contributed by atoms with van der Waals surface area (Å²) in [6.07, 6.45) is 9.32. The minimum absolute atomic E-state index is 0.396. The second kappa shape index (κ2) is 6.36. The molecule has 1 aliphatic heterocycles. The molecule has 3 nitrogen and oxygen atoms in total. The van der Waals surface area contributed by atoms with Gasteiger partial charge >= 0.3 is 0 Å². The Hall–Kier alpha value is -0.120. The fourth-order valence-corrected chi connectivity index (χ4v) is 4.02. The van der Waals surface area contributed by atoms with E-state index in [-0.39, 0.29) is 0 Å². The first-order valence-corrected chi connectivity index (χ1v) is 7.61. The molecule has 1 atom stereocenters. The first kappa shape index (κ1) is 14.3. The van der Waals surface area contributed by atoms with Crippen molar-refractivity contribution >= 4 is 0 Å². The molecule has 0 spiro atoms. The molecular weight excluding hydrogens is 224 g/mol. The third-order valence-corrected chi connectivity index (χ3v) is 5.27.